The Balaban J connectivity index is 2.35. The summed E-state index contributed by atoms with van der Waals surface area (Å²) >= 11 is 0. The number of hydrogen-bond donors (Lipinski definition) is 0. The van der Waals surface area contributed by atoms with Gasteiger partial charge in [0.1, 0.15) is 5.82 Å². The van der Waals surface area contributed by atoms with Gasteiger partial charge in [-0.25, -0.2) is 4.39 Å². The summed E-state index contributed by atoms with van der Waals surface area (Å²) in [6.07, 6.45) is 0. The molecule has 0 heterocycles. The molecular formula is C20H24FNO5S. The molecule has 0 saturated heterocycles. The lowest BCUT2D eigenvalue weighted by atomic mass is 10.1. The molecule has 0 fully saturated rings. The number of carbonyl (C=O) groups is 1. The number of amides is 1. The van der Waals surface area contributed by atoms with E-state index >= 15 is 0 Å². The Bertz CT molecular complexity index is 943. The molecule has 2 aromatic rings. The van der Waals surface area contributed by atoms with Gasteiger partial charge in [0.25, 0.3) is 5.91 Å². The quantitative estimate of drug-likeness (QED) is 0.623. The number of methoxy groups -OCH3 is 1. The van der Waals surface area contributed by atoms with Crippen LogP contribution in [0.15, 0.2) is 42.5 Å². The van der Waals surface area contributed by atoms with E-state index in [2.05, 4.69) is 0 Å². The molecule has 0 spiro atoms. The molecule has 28 heavy (non-hydrogen) atoms. The van der Waals surface area contributed by atoms with E-state index in [0.29, 0.717) is 5.56 Å². The number of hydrogen-bond acceptors (Lipinski definition) is 5. The van der Waals surface area contributed by atoms with Crippen LogP contribution in [-0.2, 0) is 16.7 Å². The molecule has 0 unspecified atom stereocenters. The lowest BCUT2D eigenvalue weighted by molar-refractivity contribution is 0.0685. The summed E-state index contributed by atoms with van der Waals surface area (Å²) in [4.78, 5) is 14.3. The number of nitrogens with zero attached hydrogens (tertiary/aromatic N) is 1. The van der Waals surface area contributed by atoms with E-state index in [9.17, 15) is 17.6 Å². The monoisotopic (exact) mass is 409 g/mol. The van der Waals surface area contributed by atoms with Crippen molar-refractivity contribution < 1.29 is 26.5 Å². The minimum absolute atomic E-state index is 0.0188. The Labute approximate surface area is 165 Å². The molecule has 0 aliphatic carbocycles. The highest BCUT2D eigenvalue weighted by molar-refractivity contribution is 7.87. The Morgan fingerprint density at radius 1 is 1.14 bits per heavy atom. The third-order valence-corrected chi connectivity index (χ3v) is 5.28. The van der Waals surface area contributed by atoms with E-state index in [4.69, 9.17) is 8.92 Å². The first-order valence-electron chi connectivity index (χ1n) is 8.83. The third kappa shape index (κ3) is 5.22. The molecule has 152 valence electrons. The predicted molar refractivity (Wildman–Crippen MR) is 104 cm³/mol. The summed E-state index contributed by atoms with van der Waals surface area (Å²) in [6, 6.07) is 10.4. The van der Waals surface area contributed by atoms with Gasteiger partial charge in [-0.1, -0.05) is 18.2 Å². The van der Waals surface area contributed by atoms with Gasteiger partial charge in [0, 0.05) is 12.6 Å². The smallest absolute Gasteiger partial charge is 0.309 e. The molecule has 6 nitrogen and oxygen atoms in total. The average Bonchev–Trinajstić information content (AvgIpc) is 2.65. The maximum absolute atomic E-state index is 14.0. The molecule has 1 amide bonds. The first-order valence-corrected chi connectivity index (χ1v) is 10.4. The van der Waals surface area contributed by atoms with Crippen LogP contribution in [0.5, 0.6) is 11.5 Å². The van der Waals surface area contributed by atoms with E-state index in [1.54, 1.807) is 18.2 Å². The zero-order valence-electron chi connectivity index (χ0n) is 16.3. The molecule has 2 rings (SSSR count). The van der Waals surface area contributed by atoms with Crippen LogP contribution in [0.25, 0.3) is 0 Å². The fourth-order valence-electron chi connectivity index (χ4n) is 2.56. The molecule has 0 aliphatic heterocycles. The van der Waals surface area contributed by atoms with Crippen LogP contribution in [0.4, 0.5) is 4.39 Å². The van der Waals surface area contributed by atoms with Gasteiger partial charge in [0.15, 0.2) is 11.5 Å². The molecule has 0 aromatic heterocycles. The minimum atomic E-state index is -3.74. The van der Waals surface area contributed by atoms with Crippen LogP contribution in [-0.4, -0.2) is 38.1 Å². The summed E-state index contributed by atoms with van der Waals surface area (Å²) < 4.78 is 47.9. The van der Waals surface area contributed by atoms with Gasteiger partial charge in [-0.05, 0) is 50.6 Å². The van der Waals surface area contributed by atoms with Gasteiger partial charge in [-0.3, -0.25) is 4.79 Å². The normalized spacial score (nSPS) is 11.4. The van der Waals surface area contributed by atoms with E-state index < -0.39 is 21.8 Å². The first-order chi connectivity index (χ1) is 13.2. The fraction of sp³-hybridized carbons (Fsp3) is 0.350. The van der Waals surface area contributed by atoms with Crippen molar-refractivity contribution in [1.29, 1.82) is 0 Å². The van der Waals surface area contributed by atoms with Crippen LogP contribution >= 0.6 is 0 Å². The first kappa shape index (κ1) is 21.7. The molecule has 8 heteroatoms. The number of benzene rings is 2. The Kier molecular flexibility index (Phi) is 7.01. The van der Waals surface area contributed by atoms with Crippen LogP contribution < -0.4 is 8.92 Å². The second-order valence-electron chi connectivity index (χ2n) is 6.42. The summed E-state index contributed by atoms with van der Waals surface area (Å²) in [5.74, 6) is -0.927. The van der Waals surface area contributed by atoms with Crippen LogP contribution in [0, 0.1) is 5.82 Å². The second kappa shape index (κ2) is 9.05. The Morgan fingerprint density at radius 2 is 1.82 bits per heavy atom. The van der Waals surface area contributed by atoms with E-state index in [1.165, 1.54) is 43.2 Å². The summed E-state index contributed by atoms with van der Waals surface area (Å²) in [5, 5.41) is 0. The standard InChI is InChI=1S/C20H24FNO5S/c1-5-28(24,25)27-19-12-15(10-11-18(19)26-4)13-22(14(2)3)20(23)16-8-6-7-9-17(16)21/h6-12,14H,5,13H2,1-4H3. The SMILES string of the molecule is CCS(=O)(=O)Oc1cc(CN(C(=O)c2ccccc2F)C(C)C)ccc1OC. The molecule has 0 saturated carbocycles. The van der Waals surface area contributed by atoms with Gasteiger partial charge in [0.2, 0.25) is 0 Å². The average molecular weight is 409 g/mol. The predicted octanol–water partition coefficient (Wildman–Crippen LogP) is 3.61. The maximum Gasteiger partial charge on any atom is 0.309 e. The Hall–Kier alpha value is -2.61. The third-order valence-electron chi connectivity index (χ3n) is 4.14. The number of carbonyl (C=O) groups excluding carboxylic acids is 1. The zero-order valence-corrected chi connectivity index (χ0v) is 17.1. The molecule has 0 bridgehead atoms. The van der Waals surface area contributed by atoms with E-state index in [-0.39, 0.29) is 35.4 Å². The lowest BCUT2D eigenvalue weighted by Crippen LogP contribution is -2.36. The van der Waals surface area contributed by atoms with E-state index in [0.717, 1.165) is 0 Å². The second-order valence-corrected chi connectivity index (χ2v) is 8.28. The molecule has 0 aliphatic rings. The largest absolute Gasteiger partial charge is 0.493 e. The van der Waals surface area contributed by atoms with Crippen LogP contribution in [0.1, 0.15) is 36.7 Å². The van der Waals surface area contributed by atoms with Crippen molar-refractivity contribution in [3.8, 4) is 11.5 Å². The maximum atomic E-state index is 14.0. The molecule has 2 aromatic carbocycles. The van der Waals surface area contributed by atoms with E-state index in [1.807, 2.05) is 13.8 Å². The van der Waals surface area contributed by atoms with Crippen LogP contribution in [0.2, 0.25) is 0 Å². The molecular weight excluding hydrogens is 385 g/mol. The van der Waals surface area contributed by atoms with Crippen LogP contribution in [0.3, 0.4) is 0 Å². The van der Waals surface area contributed by atoms with Crippen molar-refractivity contribution in [3.63, 3.8) is 0 Å². The zero-order chi connectivity index (χ0) is 20.9. The summed E-state index contributed by atoms with van der Waals surface area (Å²) in [6.45, 7) is 5.26. The molecule has 0 atom stereocenters. The fourth-order valence-corrected chi connectivity index (χ4v) is 3.08. The van der Waals surface area contributed by atoms with Crippen molar-refractivity contribution in [2.45, 2.75) is 33.4 Å². The van der Waals surface area contributed by atoms with Gasteiger partial charge < -0.3 is 13.8 Å². The van der Waals surface area contributed by atoms with Crippen molar-refractivity contribution in [3.05, 3.63) is 59.4 Å². The number of ether oxygens (including phenoxy) is 1. The minimum Gasteiger partial charge on any atom is -0.493 e. The summed E-state index contributed by atoms with van der Waals surface area (Å²) in [7, 11) is -2.34. The highest BCUT2D eigenvalue weighted by Crippen LogP contribution is 2.30. The van der Waals surface area contributed by atoms with Crippen molar-refractivity contribution in [2.75, 3.05) is 12.9 Å². The number of halogens is 1. The van der Waals surface area contributed by atoms with Crippen molar-refractivity contribution in [2.24, 2.45) is 0 Å². The van der Waals surface area contributed by atoms with Crippen molar-refractivity contribution in [1.82, 2.24) is 4.90 Å². The Morgan fingerprint density at radius 3 is 2.39 bits per heavy atom. The summed E-state index contributed by atoms with van der Waals surface area (Å²) in [5.41, 5.74) is 0.607. The van der Waals surface area contributed by atoms with Gasteiger partial charge in [-0.15, -0.1) is 0 Å². The molecule has 0 radical (unpaired) electrons. The van der Waals surface area contributed by atoms with Crippen molar-refractivity contribution >= 4 is 16.0 Å². The highest BCUT2D eigenvalue weighted by Gasteiger charge is 2.23. The van der Waals surface area contributed by atoms with Gasteiger partial charge >= 0.3 is 10.1 Å². The molecule has 0 N–H and O–H groups in total. The topological polar surface area (TPSA) is 72.9 Å². The van der Waals surface area contributed by atoms with Gasteiger partial charge in [0.05, 0.1) is 18.4 Å². The number of rotatable bonds is 8. The van der Waals surface area contributed by atoms with Gasteiger partial charge in [-0.2, -0.15) is 8.42 Å². The lowest BCUT2D eigenvalue weighted by Gasteiger charge is -2.27. The highest BCUT2D eigenvalue weighted by atomic mass is 32.2.